The highest BCUT2D eigenvalue weighted by atomic mass is 35.5. The van der Waals surface area contributed by atoms with Crippen LogP contribution in [0.15, 0.2) is 0 Å². The first-order valence-corrected chi connectivity index (χ1v) is 6.70. The highest BCUT2D eigenvalue weighted by molar-refractivity contribution is 6.28. The lowest BCUT2D eigenvalue weighted by molar-refractivity contribution is 0.198. The van der Waals surface area contributed by atoms with E-state index in [9.17, 15) is 5.11 Å². The number of aromatic nitrogens is 3. The van der Waals surface area contributed by atoms with Crippen LogP contribution in [-0.4, -0.2) is 52.3 Å². The summed E-state index contributed by atoms with van der Waals surface area (Å²) in [5.74, 6) is 1.23. The standard InChI is InChI=1S/C11H16ClN5O/c12-9-13-10(16-4-1-2-5-16)15-11(14-9)17-6-3-8(18)7-17/h8,18H,1-7H2. The van der Waals surface area contributed by atoms with Gasteiger partial charge in [-0.3, -0.25) is 0 Å². The topological polar surface area (TPSA) is 65.4 Å². The van der Waals surface area contributed by atoms with Gasteiger partial charge in [-0.15, -0.1) is 0 Å². The van der Waals surface area contributed by atoms with Crippen molar-refractivity contribution in [2.45, 2.75) is 25.4 Å². The van der Waals surface area contributed by atoms with E-state index in [0.717, 1.165) is 26.1 Å². The second-order valence-electron chi connectivity index (χ2n) is 4.79. The Morgan fingerprint density at radius 2 is 1.67 bits per heavy atom. The Morgan fingerprint density at radius 1 is 1.00 bits per heavy atom. The number of rotatable bonds is 2. The predicted molar refractivity (Wildman–Crippen MR) is 69.1 cm³/mol. The van der Waals surface area contributed by atoms with E-state index in [0.29, 0.717) is 18.4 Å². The van der Waals surface area contributed by atoms with E-state index in [1.165, 1.54) is 12.8 Å². The van der Waals surface area contributed by atoms with E-state index < -0.39 is 0 Å². The van der Waals surface area contributed by atoms with E-state index >= 15 is 0 Å². The van der Waals surface area contributed by atoms with Gasteiger partial charge in [0.15, 0.2) is 0 Å². The number of hydrogen-bond donors (Lipinski definition) is 1. The fraction of sp³-hybridized carbons (Fsp3) is 0.727. The molecule has 18 heavy (non-hydrogen) atoms. The smallest absolute Gasteiger partial charge is 0.231 e. The first kappa shape index (κ1) is 11.9. The van der Waals surface area contributed by atoms with Crippen molar-refractivity contribution in [3.05, 3.63) is 5.28 Å². The van der Waals surface area contributed by atoms with E-state index in [4.69, 9.17) is 11.6 Å². The van der Waals surface area contributed by atoms with Crippen molar-refractivity contribution in [1.29, 1.82) is 0 Å². The number of halogens is 1. The summed E-state index contributed by atoms with van der Waals surface area (Å²) in [6.07, 6.45) is 2.79. The highest BCUT2D eigenvalue weighted by Crippen LogP contribution is 2.22. The minimum atomic E-state index is -0.296. The van der Waals surface area contributed by atoms with Crippen LogP contribution in [0.2, 0.25) is 5.28 Å². The van der Waals surface area contributed by atoms with Gasteiger partial charge in [-0.25, -0.2) is 0 Å². The molecule has 0 aromatic carbocycles. The Kier molecular flexibility index (Phi) is 3.22. The van der Waals surface area contributed by atoms with Gasteiger partial charge in [0.2, 0.25) is 17.2 Å². The van der Waals surface area contributed by atoms with E-state index in [1.807, 2.05) is 4.90 Å². The van der Waals surface area contributed by atoms with Crippen molar-refractivity contribution in [3.63, 3.8) is 0 Å². The van der Waals surface area contributed by atoms with Gasteiger partial charge in [0, 0.05) is 26.2 Å². The lowest BCUT2D eigenvalue weighted by Crippen LogP contribution is -2.26. The Hall–Kier alpha value is -1.14. The number of hydrogen-bond acceptors (Lipinski definition) is 6. The molecule has 6 nitrogen and oxygen atoms in total. The third kappa shape index (κ3) is 2.35. The Labute approximate surface area is 111 Å². The monoisotopic (exact) mass is 269 g/mol. The number of anilines is 2. The fourth-order valence-corrected chi connectivity index (χ4v) is 2.60. The van der Waals surface area contributed by atoms with Crippen molar-refractivity contribution >= 4 is 23.5 Å². The molecule has 1 aromatic rings. The van der Waals surface area contributed by atoms with Gasteiger partial charge in [0.25, 0.3) is 0 Å². The van der Waals surface area contributed by atoms with Crippen molar-refractivity contribution in [1.82, 2.24) is 15.0 Å². The summed E-state index contributed by atoms with van der Waals surface area (Å²) in [6, 6.07) is 0. The minimum absolute atomic E-state index is 0.225. The maximum Gasteiger partial charge on any atom is 0.231 e. The van der Waals surface area contributed by atoms with Crippen molar-refractivity contribution in [2.24, 2.45) is 0 Å². The van der Waals surface area contributed by atoms with Crippen LogP contribution in [0.5, 0.6) is 0 Å². The molecule has 1 aromatic heterocycles. The average molecular weight is 270 g/mol. The van der Waals surface area contributed by atoms with Crippen LogP contribution < -0.4 is 9.80 Å². The van der Waals surface area contributed by atoms with Crippen LogP contribution >= 0.6 is 11.6 Å². The molecule has 0 radical (unpaired) electrons. The van der Waals surface area contributed by atoms with Gasteiger partial charge in [-0.05, 0) is 30.9 Å². The van der Waals surface area contributed by atoms with Crippen LogP contribution in [0.4, 0.5) is 11.9 Å². The summed E-state index contributed by atoms with van der Waals surface area (Å²) in [7, 11) is 0. The average Bonchev–Trinajstić information content (AvgIpc) is 2.98. The molecule has 7 heteroatoms. The van der Waals surface area contributed by atoms with Gasteiger partial charge in [-0.2, -0.15) is 15.0 Å². The molecule has 3 rings (SSSR count). The number of aliphatic hydroxyl groups excluding tert-OH is 1. The second-order valence-corrected chi connectivity index (χ2v) is 5.13. The van der Waals surface area contributed by atoms with Gasteiger partial charge < -0.3 is 14.9 Å². The lowest BCUT2D eigenvalue weighted by Gasteiger charge is -2.19. The predicted octanol–water partition coefficient (Wildman–Crippen LogP) is 0.696. The molecule has 2 fully saturated rings. The third-order valence-electron chi connectivity index (χ3n) is 3.42. The van der Waals surface area contributed by atoms with Gasteiger partial charge >= 0.3 is 0 Å². The van der Waals surface area contributed by atoms with Gasteiger partial charge in [0.05, 0.1) is 6.10 Å². The van der Waals surface area contributed by atoms with Crippen LogP contribution in [0.3, 0.4) is 0 Å². The molecule has 0 amide bonds. The number of aliphatic hydroxyl groups is 1. The summed E-state index contributed by atoms with van der Waals surface area (Å²) in [4.78, 5) is 16.9. The normalized spacial score (nSPS) is 24.0. The third-order valence-corrected chi connectivity index (χ3v) is 3.59. The summed E-state index contributed by atoms with van der Waals surface area (Å²) < 4.78 is 0. The Balaban J connectivity index is 1.85. The molecule has 0 spiro atoms. The zero-order chi connectivity index (χ0) is 12.5. The van der Waals surface area contributed by atoms with Crippen molar-refractivity contribution < 1.29 is 5.11 Å². The SMILES string of the molecule is OC1CCN(c2nc(Cl)nc(N3CCCC3)n2)C1. The summed E-state index contributed by atoms with van der Waals surface area (Å²) in [5, 5.41) is 9.78. The molecule has 98 valence electrons. The second kappa shape index (κ2) is 4.85. The highest BCUT2D eigenvalue weighted by Gasteiger charge is 2.24. The molecule has 2 aliphatic rings. The molecule has 1 atom stereocenters. The van der Waals surface area contributed by atoms with Gasteiger partial charge in [-0.1, -0.05) is 0 Å². The van der Waals surface area contributed by atoms with Crippen LogP contribution in [0.25, 0.3) is 0 Å². The zero-order valence-electron chi connectivity index (χ0n) is 10.1. The first-order chi connectivity index (χ1) is 8.72. The lowest BCUT2D eigenvalue weighted by atomic mass is 10.3. The molecule has 1 unspecified atom stereocenters. The number of nitrogens with zero attached hydrogens (tertiary/aromatic N) is 5. The summed E-state index contributed by atoms with van der Waals surface area (Å²) >= 11 is 5.97. The summed E-state index contributed by atoms with van der Waals surface area (Å²) in [6.45, 7) is 3.28. The fourth-order valence-electron chi connectivity index (χ4n) is 2.45. The van der Waals surface area contributed by atoms with E-state index in [-0.39, 0.29) is 11.4 Å². The molecule has 0 saturated carbocycles. The molecule has 1 N–H and O–H groups in total. The van der Waals surface area contributed by atoms with Crippen LogP contribution in [-0.2, 0) is 0 Å². The Bertz CT molecular complexity index is 437. The van der Waals surface area contributed by atoms with Crippen molar-refractivity contribution in [2.75, 3.05) is 36.0 Å². The van der Waals surface area contributed by atoms with E-state index in [1.54, 1.807) is 0 Å². The molecule has 2 saturated heterocycles. The van der Waals surface area contributed by atoms with Crippen LogP contribution in [0.1, 0.15) is 19.3 Å². The molecular weight excluding hydrogens is 254 g/mol. The molecule has 0 bridgehead atoms. The first-order valence-electron chi connectivity index (χ1n) is 6.32. The maximum atomic E-state index is 9.55. The molecule has 2 aliphatic heterocycles. The minimum Gasteiger partial charge on any atom is -0.391 e. The van der Waals surface area contributed by atoms with Gasteiger partial charge in [0.1, 0.15) is 0 Å². The molecule has 3 heterocycles. The largest absolute Gasteiger partial charge is 0.391 e. The Morgan fingerprint density at radius 3 is 2.28 bits per heavy atom. The van der Waals surface area contributed by atoms with Crippen molar-refractivity contribution in [3.8, 4) is 0 Å². The van der Waals surface area contributed by atoms with E-state index in [2.05, 4.69) is 19.9 Å². The zero-order valence-corrected chi connectivity index (χ0v) is 10.8. The molecule has 0 aliphatic carbocycles. The van der Waals surface area contributed by atoms with Crippen LogP contribution in [0, 0.1) is 0 Å². The maximum absolute atomic E-state index is 9.55. The molecular formula is C11H16ClN5O. The summed E-state index contributed by atoms with van der Waals surface area (Å²) in [5.41, 5.74) is 0. The number of β-amino-alcohol motifs (C(OH)–C–C–N with tert-alkyl or cyclic N) is 1. The quantitative estimate of drug-likeness (QED) is 0.853.